The molecule has 0 amide bonds. The van der Waals surface area contributed by atoms with E-state index in [-0.39, 0.29) is 5.82 Å². The molecule has 1 aliphatic rings. The second-order valence-electron chi connectivity index (χ2n) is 3.59. The normalized spacial score (nSPS) is 20.2. The van der Waals surface area contributed by atoms with Gasteiger partial charge in [-0.15, -0.1) is 0 Å². The number of rotatable bonds is 1. The maximum Gasteiger partial charge on any atom is 0.310 e. The van der Waals surface area contributed by atoms with Crippen molar-refractivity contribution >= 4 is 5.97 Å². The average molecular weight is 194 g/mol. The third-order valence-electron chi connectivity index (χ3n) is 2.75. The minimum atomic E-state index is -0.850. The summed E-state index contributed by atoms with van der Waals surface area (Å²) in [6.07, 6.45) is 2.03. The van der Waals surface area contributed by atoms with Crippen molar-refractivity contribution in [2.24, 2.45) is 0 Å². The summed E-state index contributed by atoms with van der Waals surface area (Å²) in [5.41, 5.74) is 1.25. The molecule has 1 aliphatic carbocycles. The molecule has 74 valence electrons. The highest BCUT2D eigenvalue weighted by atomic mass is 19.1. The Bertz CT molecular complexity index is 374. The van der Waals surface area contributed by atoms with Gasteiger partial charge in [0.25, 0.3) is 0 Å². The molecular formula is C11H11FO2. The fraction of sp³-hybridized carbons (Fsp3) is 0.364. The number of aliphatic carboxylic acids is 1. The molecule has 2 nitrogen and oxygen atoms in total. The van der Waals surface area contributed by atoms with Crippen LogP contribution in [0.15, 0.2) is 18.2 Å². The zero-order valence-corrected chi connectivity index (χ0v) is 7.66. The first-order valence-electron chi connectivity index (χ1n) is 4.70. The molecule has 1 aromatic rings. The van der Waals surface area contributed by atoms with Crippen molar-refractivity contribution in [3.8, 4) is 0 Å². The van der Waals surface area contributed by atoms with E-state index in [0.29, 0.717) is 24.0 Å². The van der Waals surface area contributed by atoms with Crippen LogP contribution in [0.2, 0.25) is 0 Å². The quantitative estimate of drug-likeness (QED) is 0.745. The fourth-order valence-corrected chi connectivity index (χ4v) is 2.06. The zero-order chi connectivity index (χ0) is 10.1. The summed E-state index contributed by atoms with van der Waals surface area (Å²) < 4.78 is 13.3. The van der Waals surface area contributed by atoms with Crippen LogP contribution in [0, 0.1) is 5.82 Å². The van der Waals surface area contributed by atoms with Crippen molar-refractivity contribution in [2.45, 2.75) is 25.2 Å². The molecule has 3 heteroatoms. The van der Waals surface area contributed by atoms with Crippen LogP contribution in [-0.2, 0) is 11.2 Å². The smallest absolute Gasteiger partial charge is 0.310 e. The first kappa shape index (κ1) is 9.19. The summed E-state index contributed by atoms with van der Waals surface area (Å²) in [6.45, 7) is 0. The van der Waals surface area contributed by atoms with E-state index in [1.54, 1.807) is 12.1 Å². The second kappa shape index (κ2) is 3.40. The van der Waals surface area contributed by atoms with Gasteiger partial charge in [0.05, 0.1) is 5.92 Å². The van der Waals surface area contributed by atoms with Gasteiger partial charge < -0.3 is 5.11 Å². The van der Waals surface area contributed by atoms with Crippen LogP contribution in [0.5, 0.6) is 0 Å². The van der Waals surface area contributed by atoms with Crippen LogP contribution in [0.4, 0.5) is 4.39 Å². The molecule has 0 heterocycles. The predicted molar refractivity (Wildman–Crippen MR) is 49.7 cm³/mol. The molecule has 0 saturated heterocycles. The predicted octanol–water partition coefficient (Wildman–Crippen LogP) is 2.33. The van der Waals surface area contributed by atoms with E-state index in [1.807, 2.05) is 0 Å². The Morgan fingerprint density at radius 3 is 3.00 bits per heavy atom. The molecule has 0 saturated carbocycles. The monoisotopic (exact) mass is 194 g/mol. The molecule has 0 aliphatic heterocycles. The Balaban J connectivity index is 2.49. The maximum atomic E-state index is 13.3. The van der Waals surface area contributed by atoms with Crippen LogP contribution < -0.4 is 0 Å². The van der Waals surface area contributed by atoms with Crippen molar-refractivity contribution in [3.05, 3.63) is 35.1 Å². The molecule has 0 aromatic heterocycles. The minimum absolute atomic E-state index is 0.270. The van der Waals surface area contributed by atoms with Crippen molar-refractivity contribution in [2.75, 3.05) is 0 Å². The highest BCUT2D eigenvalue weighted by Gasteiger charge is 2.27. The van der Waals surface area contributed by atoms with E-state index in [9.17, 15) is 9.18 Å². The van der Waals surface area contributed by atoms with Gasteiger partial charge in [-0.05, 0) is 36.5 Å². The lowest BCUT2D eigenvalue weighted by Crippen LogP contribution is -2.18. The van der Waals surface area contributed by atoms with E-state index < -0.39 is 11.9 Å². The van der Waals surface area contributed by atoms with Gasteiger partial charge in [-0.3, -0.25) is 4.79 Å². The van der Waals surface area contributed by atoms with E-state index in [4.69, 9.17) is 5.11 Å². The minimum Gasteiger partial charge on any atom is -0.481 e. The highest BCUT2D eigenvalue weighted by Crippen LogP contribution is 2.32. The van der Waals surface area contributed by atoms with Gasteiger partial charge >= 0.3 is 5.97 Å². The first-order chi connectivity index (χ1) is 6.70. The summed E-state index contributed by atoms with van der Waals surface area (Å²) in [5.74, 6) is -1.64. The Kier molecular flexibility index (Phi) is 2.23. The Hall–Kier alpha value is -1.38. The summed E-state index contributed by atoms with van der Waals surface area (Å²) in [6, 6.07) is 4.69. The standard InChI is InChI=1S/C11H11FO2/c12-10-6-2-3-7-8(10)4-1-5-9(7)11(13)14/h2-3,6,9H,1,4-5H2,(H,13,14). The molecule has 2 rings (SSSR count). The number of fused-ring (bicyclic) bond motifs is 1. The third kappa shape index (κ3) is 1.39. The van der Waals surface area contributed by atoms with Gasteiger partial charge in [0.2, 0.25) is 0 Å². The fourth-order valence-electron chi connectivity index (χ4n) is 2.06. The van der Waals surface area contributed by atoms with Gasteiger partial charge in [-0.25, -0.2) is 4.39 Å². The Morgan fingerprint density at radius 1 is 1.50 bits per heavy atom. The van der Waals surface area contributed by atoms with Gasteiger partial charge in [0, 0.05) is 0 Å². The largest absolute Gasteiger partial charge is 0.481 e. The van der Waals surface area contributed by atoms with Crippen LogP contribution >= 0.6 is 0 Å². The molecule has 0 fully saturated rings. The van der Waals surface area contributed by atoms with Crippen molar-refractivity contribution in [3.63, 3.8) is 0 Å². The number of carboxylic acids is 1. The molecule has 1 unspecified atom stereocenters. The van der Waals surface area contributed by atoms with E-state index >= 15 is 0 Å². The van der Waals surface area contributed by atoms with Crippen molar-refractivity contribution in [1.29, 1.82) is 0 Å². The number of benzene rings is 1. The van der Waals surface area contributed by atoms with E-state index in [1.165, 1.54) is 6.07 Å². The Morgan fingerprint density at radius 2 is 2.29 bits per heavy atom. The lowest BCUT2D eigenvalue weighted by Gasteiger charge is -2.22. The average Bonchev–Trinajstić information content (AvgIpc) is 2.17. The number of hydrogen-bond donors (Lipinski definition) is 1. The first-order valence-corrected chi connectivity index (χ1v) is 4.70. The molecule has 14 heavy (non-hydrogen) atoms. The van der Waals surface area contributed by atoms with Crippen LogP contribution in [0.3, 0.4) is 0 Å². The number of carboxylic acid groups (broad SMARTS) is 1. The van der Waals surface area contributed by atoms with Crippen LogP contribution in [-0.4, -0.2) is 11.1 Å². The molecule has 1 aromatic carbocycles. The number of carbonyl (C=O) groups is 1. The molecular weight excluding hydrogens is 183 g/mol. The SMILES string of the molecule is O=C(O)C1CCCc2c(F)cccc21. The van der Waals surface area contributed by atoms with Crippen LogP contribution in [0.25, 0.3) is 0 Å². The molecule has 0 bridgehead atoms. The molecule has 1 atom stereocenters. The van der Waals surface area contributed by atoms with E-state index in [2.05, 4.69) is 0 Å². The summed E-state index contributed by atoms with van der Waals surface area (Å²) in [7, 11) is 0. The van der Waals surface area contributed by atoms with Gasteiger partial charge in [-0.2, -0.15) is 0 Å². The third-order valence-corrected chi connectivity index (χ3v) is 2.75. The summed E-state index contributed by atoms with van der Waals surface area (Å²) in [4.78, 5) is 10.9. The lowest BCUT2D eigenvalue weighted by atomic mass is 9.83. The van der Waals surface area contributed by atoms with E-state index in [0.717, 1.165) is 6.42 Å². The van der Waals surface area contributed by atoms with Gasteiger partial charge in [-0.1, -0.05) is 12.1 Å². The molecule has 0 radical (unpaired) electrons. The summed E-state index contributed by atoms with van der Waals surface area (Å²) in [5, 5.41) is 8.95. The zero-order valence-electron chi connectivity index (χ0n) is 7.66. The van der Waals surface area contributed by atoms with Crippen molar-refractivity contribution < 1.29 is 14.3 Å². The number of hydrogen-bond acceptors (Lipinski definition) is 1. The second-order valence-corrected chi connectivity index (χ2v) is 3.59. The highest BCUT2D eigenvalue weighted by molar-refractivity contribution is 5.77. The van der Waals surface area contributed by atoms with Crippen molar-refractivity contribution in [1.82, 2.24) is 0 Å². The molecule has 1 N–H and O–H groups in total. The summed E-state index contributed by atoms with van der Waals surface area (Å²) >= 11 is 0. The van der Waals surface area contributed by atoms with Crippen LogP contribution in [0.1, 0.15) is 29.9 Å². The lowest BCUT2D eigenvalue weighted by molar-refractivity contribution is -0.139. The van der Waals surface area contributed by atoms with Gasteiger partial charge in [0.15, 0.2) is 0 Å². The topological polar surface area (TPSA) is 37.3 Å². The molecule has 0 spiro atoms. The maximum absolute atomic E-state index is 13.3. The Labute approximate surface area is 81.4 Å². The van der Waals surface area contributed by atoms with Gasteiger partial charge in [0.1, 0.15) is 5.82 Å². The number of halogens is 1.